The van der Waals surface area contributed by atoms with Crippen LogP contribution in [0, 0.1) is 13.8 Å². The number of carboxylic acids is 1. The van der Waals surface area contributed by atoms with Gasteiger partial charge in [0.15, 0.2) is 11.8 Å². The number of thiophene rings is 1. The number of urea groups is 1. The average Bonchev–Trinajstić information content (AvgIpc) is 3.18. The van der Waals surface area contributed by atoms with Gasteiger partial charge in [0.1, 0.15) is 0 Å². The topological polar surface area (TPSA) is 116 Å². The Hall–Kier alpha value is -3.46. The van der Waals surface area contributed by atoms with E-state index in [2.05, 4.69) is 10.6 Å². The lowest BCUT2D eigenvalue weighted by atomic mass is 10.0. The van der Waals surface area contributed by atoms with Gasteiger partial charge in [0.25, 0.3) is 5.91 Å². The molecule has 3 rings (SSSR count). The zero-order chi connectivity index (χ0) is 23.6. The van der Waals surface area contributed by atoms with Crippen molar-refractivity contribution < 1.29 is 24.3 Å². The van der Waals surface area contributed by atoms with Crippen LogP contribution in [-0.4, -0.2) is 46.8 Å². The van der Waals surface area contributed by atoms with Crippen LogP contribution in [0.15, 0.2) is 42.1 Å². The number of likely N-dealkylation sites (N-methyl/N-ethyl adjacent to an activating group) is 1. The first-order valence-electron chi connectivity index (χ1n) is 10.0. The second kappa shape index (κ2) is 9.35. The number of aliphatic carboxylic acids is 1. The summed E-state index contributed by atoms with van der Waals surface area (Å²) in [6, 6.07) is 6.73. The van der Waals surface area contributed by atoms with Crippen LogP contribution < -0.4 is 10.6 Å². The molecule has 1 aromatic carbocycles. The lowest BCUT2D eigenvalue weighted by Gasteiger charge is -2.28. The normalized spacial score (nSPS) is 17.1. The van der Waals surface area contributed by atoms with Gasteiger partial charge in [-0.15, -0.1) is 11.3 Å². The second-order valence-electron chi connectivity index (χ2n) is 7.76. The Bertz CT molecular complexity index is 1100. The summed E-state index contributed by atoms with van der Waals surface area (Å²) in [7, 11) is 1.52. The predicted octanol–water partition coefficient (Wildman–Crippen LogP) is 3.16. The summed E-state index contributed by atoms with van der Waals surface area (Å²) in [5, 5.41) is 14.3. The fourth-order valence-electron chi connectivity index (χ4n) is 3.61. The van der Waals surface area contributed by atoms with Crippen LogP contribution in [0.5, 0.6) is 0 Å². The van der Waals surface area contributed by atoms with Crippen molar-refractivity contribution in [3.05, 3.63) is 58.1 Å². The van der Waals surface area contributed by atoms with E-state index >= 15 is 0 Å². The van der Waals surface area contributed by atoms with Gasteiger partial charge in [-0.2, -0.15) is 0 Å². The van der Waals surface area contributed by atoms with Gasteiger partial charge < -0.3 is 20.6 Å². The zero-order valence-electron chi connectivity index (χ0n) is 18.3. The van der Waals surface area contributed by atoms with Crippen molar-refractivity contribution in [3.8, 4) is 10.4 Å². The van der Waals surface area contributed by atoms with E-state index in [1.54, 1.807) is 13.0 Å². The van der Waals surface area contributed by atoms with Crippen LogP contribution in [-0.2, 0) is 14.4 Å². The number of rotatable bonds is 6. The molecule has 8 nitrogen and oxygen atoms in total. The number of carbonyl (C=O) groups excluding carboxylic acids is 3. The number of nitrogens with one attached hydrogen (secondary N) is 2. The average molecular weight is 456 g/mol. The van der Waals surface area contributed by atoms with Gasteiger partial charge in [-0.3, -0.25) is 14.4 Å². The fourth-order valence-corrected chi connectivity index (χ4v) is 4.85. The minimum Gasteiger partial charge on any atom is -0.481 e. The predicted molar refractivity (Wildman–Crippen MR) is 121 cm³/mol. The molecule has 1 aromatic heterocycles. The fraction of sp³-hybridized carbons (Fsp3) is 0.304. The van der Waals surface area contributed by atoms with Crippen LogP contribution in [0.4, 0.5) is 4.79 Å². The summed E-state index contributed by atoms with van der Waals surface area (Å²) < 4.78 is 0. The van der Waals surface area contributed by atoms with Gasteiger partial charge in [0.05, 0.1) is 12.5 Å². The summed E-state index contributed by atoms with van der Waals surface area (Å²) in [6.07, 6.45) is 0.947. The van der Waals surface area contributed by atoms with E-state index in [0.29, 0.717) is 10.6 Å². The molecule has 3 amide bonds. The van der Waals surface area contributed by atoms with Crippen molar-refractivity contribution in [1.29, 1.82) is 0 Å². The summed E-state index contributed by atoms with van der Waals surface area (Å²) >= 11 is 1.40. The first kappa shape index (κ1) is 23.2. The molecular weight excluding hydrogens is 430 g/mol. The highest BCUT2D eigenvalue weighted by atomic mass is 32.1. The molecule has 32 heavy (non-hydrogen) atoms. The molecule has 2 aromatic rings. The van der Waals surface area contributed by atoms with Crippen LogP contribution in [0.3, 0.4) is 0 Å². The second-order valence-corrected chi connectivity index (χ2v) is 8.87. The smallest absolute Gasteiger partial charge is 0.316 e. The Kier molecular flexibility index (Phi) is 6.78. The Labute approximate surface area is 189 Å². The lowest BCUT2D eigenvalue weighted by molar-refractivity contribution is -0.138. The van der Waals surface area contributed by atoms with E-state index in [9.17, 15) is 24.3 Å². The Balaban J connectivity index is 1.80. The van der Waals surface area contributed by atoms with E-state index in [4.69, 9.17) is 0 Å². The van der Waals surface area contributed by atoms with Gasteiger partial charge >= 0.3 is 12.0 Å². The molecule has 0 fully saturated rings. The van der Waals surface area contributed by atoms with E-state index in [-0.39, 0.29) is 6.42 Å². The first-order chi connectivity index (χ1) is 15.1. The molecule has 1 aliphatic rings. The van der Waals surface area contributed by atoms with Gasteiger partial charge in [-0.1, -0.05) is 18.2 Å². The minimum absolute atomic E-state index is 0.342. The molecule has 2 atom stereocenters. The van der Waals surface area contributed by atoms with Crippen LogP contribution in [0.1, 0.15) is 35.4 Å². The van der Waals surface area contributed by atoms with Crippen LogP contribution in [0.2, 0.25) is 0 Å². The van der Waals surface area contributed by atoms with E-state index in [1.807, 2.05) is 38.1 Å². The molecule has 0 saturated heterocycles. The highest BCUT2D eigenvalue weighted by Crippen LogP contribution is 2.36. The molecule has 0 aliphatic carbocycles. The number of ketones is 1. The van der Waals surface area contributed by atoms with Gasteiger partial charge in [0, 0.05) is 28.6 Å². The Morgan fingerprint density at radius 2 is 1.78 bits per heavy atom. The third kappa shape index (κ3) is 4.88. The molecule has 1 aliphatic heterocycles. The molecule has 0 saturated carbocycles. The maximum absolute atomic E-state index is 12.6. The van der Waals surface area contributed by atoms with E-state index < -0.39 is 35.8 Å². The van der Waals surface area contributed by atoms with Gasteiger partial charge in [-0.05, 0) is 49.6 Å². The zero-order valence-corrected chi connectivity index (χ0v) is 19.1. The molecule has 0 spiro atoms. The van der Waals surface area contributed by atoms with Crippen LogP contribution >= 0.6 is 11.3 Å². The van der Waals surface area contributed by atoms with Crippen molar-refractivity contribution in [3.63, 3.8) is 0 Å². The van der Waals surface area contributed by atoms with Crippen LogP contribution in [0.25, 0.3) is 10.4 Å². The molecule has 0 bridgehead atoms. The van der Waals surface area contributed by atoms with Gasteiger partial charge in [0.2, 0.25) is 0 Å². The molecule has 9 heteroatoms. The number of nitrogens with zero attached hydrogens (tertiary/aromatic N) is 1. The molecule has 2 heterocycles. The number of allylic oxidation sites excluding steroid dienone is 1. The monoisotopic (exact) mass is 455 g/mol. The maximum atomic E-state index is 12.6. The number of carbonyl (C=O) groups is 4. The molecule has 3 N–H and O–H groups in total. The van der Waals surface area contributed by atoms with Crippen molar-refractivity contribution >= 4 is 35.0 Å². The number of benzene rings is 1. The summed E-state index contributed by atoms with van der Waals surface area (Å²) in [6.45, 7) is 5.64. The SMILES string of the molecule is CC1=CC(=O)C(NC(=O)N[C@@H](CC(=O)O)c2ccc(-c3c(C)cccc3C)s2)C(=O)N1C. The molecule has 0 radical (unpaired) electrons. The lowest BCUT2D eigenvalue weighted by Crippen LogP contribution is -2.56. The number of hydrogen-bond donors (Lipinski definition) is 3. The Morgan fingerprint density at radius 1 is 1.12 bits per heavy atom. The number of hydrogen-bond acceptors (Lipinski definition) is 5. The highest BCUT2D eigenvalue weighted by Gasteiger charge is 2.34. The van der Waals surface area contributed by atoms with Crippen molar-refractivity contribution in [2.45, 2.75) is 39.3 Å². The Morgan fingerprint density at radius 3 is 2.41 bits per heavy atom. The van der Waals surface area contributed by atoms with Gasteiger partial charge in [-0.25, -0.2) is 4.79 Å². The van der Waals surface area contributed by atoms with E-state index in [0.717, 1.165) is 21.6 Å². The number of amides is 3. The summed E-state index contributed by atoms with van der Waals surface area (Å²) in [4.78, 5) is 51.5. The maximum Gasteiger partial charge on any atom is 0.316 e. The first-order valence-corrected chi connectivity index (χ1v) is 10.8. The largest absolute Gasteiger partial charge is 0.481 e. The third-order valence-electron chi connectivity index (χ3n) is 5.40. The van der Waals surface area contributed by atoms with Crippen molar-refractivity contribution in [2.75, 3.05) is 7.05 Å². The summed E-state index contributed by atoms with van der Waals surface area (Å²) in [5.41, 5.74) is 3.76. The molecule has 1 unspecified atom stereocenters. The van der Waals surface area contributed by atoms with E-state index in [1.165, 1.54) is 29.4 Å². The van der Waals surface area contributed by atoms with Crippen molar-refractivity contribution in [1.82, 2.24) is 15.5 Å². The molecule has 168 valence electrons. The third-order valence-corrected chi connectivity index (χ3v) is 6.62. The standard InChI is InChI=1S/C23H25N3O5S/c1-12-6-5-7-13(2)20(12)18-9-8-17(32-18)15(11-19(28)29)24-23(31)25-21-16(27)10-14(3)26(4)22(21)30/h5-10,15,21H,11H2,1-4H3,(H,28,29)(H2,24,25,31)/t15-,21?/m0/s1. The van der Waals surface area contributed by atoms with Crippen molar-refractivity contribution in [2.24, 2.45) is 0 Å². The number of aryl methyl sites for hydroxylation is 2. The summed E-state index contributed by atoms with van der Waals surface area (Å²) in [5.74, 6) is -2.15. The number of carboxylic acid groups (broad SMARTS) is 1. The molecular formula is C23H25N3O5S. The highest BCUT2D eigenvalue weighted by molar-refractivity contribution is 7.15. The minimum atomic E-state index is -1.34. The quantitative estimate of drug-likeness (QED) is 0.579.